The van der Waals surface area contributed by atoms with Crippen LogP contribution < -0.4 is 4.57 Å². The molecule has 17 heavy (non-hydrogen) atoms. The minimum atomic E-state index is 1.21. The second kappa shape index (κ2) is 5.80. The van der Waals surface area contributed by atoms with Crippen molar-refractivity contribution >= 4 is 17.1 Å². The summed E-state index contributed by atoms with van der Waals surface area (Å²) < 4.78 is 2.12. The number of hydrogen-bond donors (Lipinski definition) is 0. The zero-order valence-electron chi connectivity index (χ0n) is 9.95. The SMILES string of the molecule is CC=CC=CC=C[n+]1cccc2ccccc21. The second-order valence-electron chi connectivity index (χ2n) is 3.73. The van der Waals surface area contributed by atoms with Crippen molar-refractivity contribution in [3.8, 4) is 0 Å². The molecular weight excluding hydrogens is 206 g/mol. The minimum absolute atomic E-state index is 1.21. The number of allylic oxidation sites excluding steroid dienone is 5. The highest BCUT2D eigenvalue weighted by atomic mass is 14.9. The van der Waals surface area contributed by atoms with E-state index in [0.717, 1.165) is 0 Å². The molecule has 2 rings (SSSR count). The molecule has 0 radical (unpaired) electrons. The molecule has 1 aromatic carbocycles. The van der Waals surface area contributed by atoms with Crippen molar-refractivity contribution < 1.29 is 4.57 Å². The monoisotopic (exact) mass is 222 g/mol. The molecule has 0 amide bonds. The van der Waals surface area contributed by atoms with Gasteiger partial charge in [0.15, 0.2) is 12.4 Å². The van der Waals surface area contributed by atoms with Gasteiger partial charge >= 0.3 is 0 Å². The number of aromatic nitrogens is 1. The van der Waals surface area contributed by atoms with Gasteiger partial charge in [0.05, 0.1) is 0 Å². The van der Waals surface area contributed by atoms with E-state index < -0.39 is 0 Å². The van der Waals surface area contributed by atoms with Crippen LogP contribution in [-0.2, 0) is 0 Å². The van der Waals surface area contributed by atoms with Crippen LogP contribution in [0.5, 0.6) is 0 Å². The first-order valence-electron chi connectivity index (χ1n) is 5.77. The lowest BCUT2D eigenvalue weighted by Crippen LogP contribution is -2.25. The Morgan fingerprint density at radius 3 is 2.53 bits per heavy atom. The summed E-state index contributed by atoms with van der Waals surface area (Å²) in [6.45, 7) is 2.01. The third-order valence-electron chi connectivity index (χ3n) is 2.51. The lowest BCUT2D eigenvalue weighted by atomic mass is 10.2. The molecule has 0 aliphatic heterocycles. The average molecular weight is 222 g/mol. The maximum atomic E-state index is 2.12. The highest BCUT2D eigenvalue weighted by Crippen LogP contribution is 2.07. The fourth-order valence-corrected chi connectivity index (χ4v) is 1.70. The molecule has 2 aromatic rings. The van der Waals surface area contributed by atoms with Gasteiger partial charge in [-0.25, -0.2) is 0 Å². The fraction of sp³-hybridized carbons (Fsp3) is 0.0625. The predicted octanol–water partition coefficient (Wildman–Crippen LogP) is 3.73. The number of nitrogens with zero attached hydrogens (tertiary/aromatic N) is 1. The van der Waals surface area contributed by atoms with Crippen molar-refractivity contribution in [3.63, 3.8) is 0 Å². The summed E-state index contributed by atoms with van der Waals surface area (Å²) >= 11 is 0. The highest BCUT2D eigenvalue weighted by molar-refractivity contribution is 5.75. The van der Waals surface area contributed by atoms with Crippen LogP contribution in [0, 0.1) is 0 Å². The molecule has 0 fully saturated rings. The van der Waals surface area contributed by atoms with Crippen molar-refractivity contribution in [1.29, 1.82) is 0 Å². The van der Waals surface area contributed by atoms with E-state index in [2.05, 4.69) is 53.4 Å². The zero-order valence-corrected chi connectivity index (χ0v) is 9.95. The van der Waals surface area contributed by atoms with Gasteiger partial charge in [-0.05, 0) is 19.1 Å². The Labute approximate surface area is 102 Å². The summed E-state index contributed by atoms with van der Waals surface area (Å²) in [5.41, 5.74) is 1.21. The van der Waals surface area contributed by atoms with Crippen LogP contribution in [-0.4, -0.2) is 0 Å². The lowest BCUT2D eigenvalue weighted by Gasteiger charge is -1.94. The number of para-hydroxylation sites is 1. The maximum Gasteiger partial charge on any atom is 0.217 e. The molecule has 1 heterocycles. The van der Waals surface area contributed by atoms with E-state index >= 15 is 0 Å². The van der Waals surface area contributed by atoms with Gasteiger partial charge in [-0.2, -0.15) is 4.57 Å². The van der Waals surface area contributed by atoms with Crippen molar-refractivity contribution in [2.45, 2.75) is 6.92 Å². The van der Waals surface area contributed by atoms with Gasteiger partial charge in [-0.1, -0.05) is 36.4 Å². The van der Waals surface area contributed by atoms with Gasteiger partial charge < -0.3 is 0 Å². The Hall–Kier alpha value is -2.15. The van der Waals surface area contributed by atoms with Crippen LogP contribution in [0.2, 0.25) is 0 Å². The summed E-state index contributed by atoms with van der Waals surface area (Å²) in [6, 6.07) is 12.5. The molecule has 0 atom stereocenters. The van der Waals surface area contributed by atoms with Crippen LogP contribution in [0.4, 0.5) is 0 Å². The van der Waals surface area contributed by atoms with Crippen molar-refractivity contribution in [3.05, 3.63) is 73.0 Å². The summed E-state index contributed by atoms with van der Waals surface area (Å²) in [6.07, 6.45) is 14.2. The number of pyridine rings is 1. The average Bonchev–Trinajstić information content (AvgIpc) is 2.39. The van der Waals surface area contributed by atoms with Crippen molar-refractivity contribution in [2.75, 3.05) is 0 Å². The molecule has 0 spiro atoms. The van der Waals surface area contributed by atoms with Gasteiger partial charge in [0.2, 0.25) is 5.52 Å². The summed E-state index contributed by atoms with van der Waals surface area (Å²) in [4.78, 5) is 0. The van der Waals surface area contributed by atoms with E-state index in [-0.39, 0.29) is 0 Å². The van der Waals surface area contributed by atoms with Crippen molar-refractivity contribution in [1.82, 2.24) is 0 Å². The Bertz CT molecular complexity index is 572. The smallest absolute Gasteiger partial charge is 0.167 e. The normalized spacial score (nSPS) is 12.3. The Balaban J connectivity index is 2.30. The molecule has 0 N–H and O–H groups in total. The standard InChI is InChI=1S/C16H16N/c1-2-3-4-5-8-13-17-14-9-11-15-10-6-7-12-16(15)17/h2-14H,1H3/q+1. The predicted molar refractivity (Wildman–Crippen MR) is 73.4 cm³/mol. The highest BCUT2D eigenvalue weighted by Gasteiger charge is 2.02. The quantitative estimate of drug-likeness (QED) is 0.550. The molecule has 84 valence electrons. The molecule has 0 saturated heterocycles. The van der Waals surface area contributed by atoms with Crippen LogP contribution >= 0.6 is 0 Å². The number of fused-ring (bicyclic) bond motifs is 1. The van der Waals surface area contributed by atoms with Crippen LogP contribution in [0.15, 0.2) is 73.0 Å². The van der Waals surface area contributed by atoms with E-state index in [1.54, 1.807) is 0 Å². The number of benzene rings is 1. The first kappa shape index (κ1) is 11.3. The van der Waals surface area contributed by atoms with E-state index in [1.807, 2.05) is 37.3 Å². The Morgan fingerprint density at radius 1 is 0.882 bits per heavy atom. The van der Waals surface area contributed by atoms with Crippen LogP contribution in [0.25, 0.3) is 17.1 Å². The van der Waals surface area contributed by atoms with Gasteiger partial charge in [0.25, 0.3) is 0 Å². The number of rotatable bonds is 3. The van der Waals surface area contributed by atoms with Crippen molar-refractivity contribution in [2.24, 2.45) is 0 Å². The molecule has 0 unspecified atom stereocenters. The molecule has 0 aliphatic carbocycles. The second-order valence-corrected chi connectivity index (χ2v) is 3.73. The first-order chi connectivity index (χ1) is 8.42. The topological polar surface area (TPSA) is 3.88 Å². The zero-order chi connectivity index (χ0) is 11.9. The Morgan fingerprint density at radius 2 is 1.65 bits per heavy atom. The molecule has 1 aromatic heterocycles. The molecule has 1 nitrogen and oxygen atoms in total. The molecule has 0 saturated carbocycles. The summed E-state index contributed by atoms with van der Waals surface area (Å²) in [5.74, 6) is 0. The third kappa shape index (κ3) is 2.91. The molecular formula is C16H16N+. The van der Waals surface area contributed by atoms with Gasteiger partial charge in [0, 0.05) is 23.6 Å². The van der Waals surface area contributed by atoms with Crippen LogP contribution in [0.1, 0.15) is 6.92 Å². The van der Waals surface area contributed by atoms with E-state index in [4.69, 9.17) is 0 Å². The lowest BCUT2D eigenvalue weighted by molar-refractivity contribution is -0.538. The maximum absolute atomic E-state index is 2.12. The third-order valence-corrected chi connectivity index (χ3v) is 2.51. The first-order valence-corrected chi connectivity index (χ1v) is 5.77. The van der Waals surface area contributed by atoms with E-state index in [1.165, 1.54) is 10.9 Å². The van der Waals surface area contributed by atoms with E-state index in [9.17, 15) is 0 Å². The van der Waals surface area contributed by atoms with Gasteiger partial charge in [0.1, 0.15) is 0 Å². The van der Waals surface area contributed by atoms with Crippen LogP contribution in [0.3, 0.4) is 0 Å². The van der Waals surface area contributed by atoms with E-state index in [0.29, 0.717) is 0 Å². The molecule has 0 aliphatic rings. The Kier molecular flexibility index (Phi) is 3.87. The summed E-state index contributed by atoms with van der Waals surface area (Å²) in [5, 5.41) is 1.25. The van der Waals surface area contributed by atoms with Gasteiger partial charge in [-0.3, -0.25) is 0 Å². The summed E-state index contributed by atoms with van der Waals surface area (Å²) in [7, 11) is 0. The number of hydrogen-bond acceptors (Lipinski definition) is 0. The fourth-order valence-electron chi connectivity index (χ4n) is 1.70. The largest absolute Gasteiger partial charge is 0.217 e. The van der Waals surface area contributed by atoms with Gasteiger partial charge in [-0.15, -0.1) is 0 Å². The molecule has 0 bridgehead atoms. The minimum Gasteiger partial charge on any atom is -0.167 e. The molecule has 1 heteroatoms.